The van der Waals surface area contributed by atoms with Crippen LogP contribution >= 0.6 is 27.5 Å². The molecule has 0 atom stereocenters. The molecule has 0 saturated carbocycles. The summed E-state index contributed by atoms with van der Waals surface area (Å²) in [4.78, 5) is 0.348. The molecule has 0 aliphatic carbocycles. The number of halogens is 1. The number of nitrogens with zero attached hydrogens (tertiary/aromatic N) is 4. The van der Waals surface area contributed by atoms with Crippen LogP contribution in [-0.2, 0) is 0 Å². The van der Waals surface area contributed by atoms with Crippen molar-refractivity contribution in [2.24, 2.45) is 0 Å². The fraction of sp³-hybridized carbons (Fsp3) is 0. The first-order valence-electron chi connectivity index (χ1n) is 2.63. The van der Waals surface area contributed by atoms with Crippen molar-refractivity contribution in [2.75, 3.05) is 0 Å². The molecule has 0 aliphatic rings. The molecule has 0 fully saturated rings. The predicted molar refractivity (Wildman–Crippen MR) is 40.9 cm³/mol. The van der Waals surface area contributed by atoms with Crippen LogP contribution in [-0.4, -0.2) is 19.8 Å². The molecular formula is C4HBrN4OS. The van der Waals surface area contributed by atoms with Gasteiger partial charge in [0.15, 0.2) is 5.69 Å². The second-order valence-electron chi connectivity index (χ2n) is 1.65. The first-order valence-corrected chi connectivity index (χ1v) is 4.25. The van der Waals surface area contributed by atoms with Gasteiger partial charge in [-0.05, 0) is 11.5 Å². The largest absolute Gasteiger partial charge is 0.409 e. The van der Waals surface area contributed by atoms with E-state index in [2.05, 4.69) is 35.7 Å². The van der Waals surface area contributed by atoms with E-state index in [1.165, 1.54) is 11.5 Å². The maximum atomic E-state index is 5.03. The Labute approximate surface area is 73.7 Å². The molecule has 0 N–H and O–H groups in total. The highest BCUT2D eigenvalue weighted by Gasteiger charge is 2.08. The minimum absolute atomic E-state index is 0.348. The van der Waals surface area contributed by atoms with Gasteiger partial charge in [0.05, 0.1) is 0 Å². The summed E-state index contributed by atoms with van der Waals surface area (Å²) in [7, 11) is 0. The Hall–Kier alpha value is -0.820. The SMILES string of the molecule is Brc1nnc(-c2csnn2)o1. The zero-order valence-electron chi connectivity index (χ0n) is 5.06. The van der Waals surface area contributed by atoms with E-state index in [0.717, 1.165) is 0 Å². The van der Waals surface area contributed by atoms with E-state index in [-0.39, 0.29) is 0 Å². The minimum atomic E-state index is 0.348. The van der Waals surface area contributed by atoms with Crippen LogP contribution in [0.1, 0.15) is 0 Å². The average Bonchev–Trinajstić information content (AvgIpc) is 2.55. The zero-order valence-corrected chi connectivity index (χ0v) is 7.46. The van der Waals surface area contributed by atoms with E-state index < -0.39 is 0 Å². The van der Waals surface area contributed by atoms with Gasteiger partial charge in [-0.1, -0.05) is 4.49 Å². The van der Waals surface area contributed by atoms with E-state index in [4.69, 9.17) is 4.42 Å². The summed E-state index contributed by atoms with van der Waals surface area (Å²) in [6.07, 6.45) is 0. The first-order chi connectivity index (χ1) is 5.36. The van der Waals surface area contributed by atoms with Crippen molar-refractivity contribution in [3.05, 3.63) is 10.2 Å². The highest BCUT2D eigenvalue weighted by molar-refractivity contribution is 9.10. The van der Waals surface area contributed by atoms with Crippen molar-refractivity contribution < 1.29 is 4.42 Å². The van der Waals surface area contributed by atoms with Gasteiger partial charge in [-0.2, -0.15) is 0 Å². The molecule has 7 heteroatoms. The van der Waals surface area contributed by atoms with Crippen molar-refractivity contribution in [1.82, 2.24) is 19.8 Å². The van der Waals surface area contributed by atoms with Gasteiger partial charge in [0.2, 0.25) is 0 Å². The fourth-order valence-corrected chi connectivity index (χ4v) is 1.23. The van der Waals surface area contributed by atoms with Gasteiger partial charge >= 0.3 is 0 Å². The van der Waals surface area contributed by atoms with Crippen molar-refractivity contribution in [3.8, 4) is 11.6 Å². The number of aromatic nitrogens is 4. The number of rotatable bonds is 1. The molecule has 2 aromatic heterocycles. The van der Waals surface area contributed by atoms with Crippen LogP contribution < -0.4 is 0 Å². The Balaban J connectivity index is 2.45. The molecule has 0 radical (unpaired) electrons. The number of hydrogen-bond acceptors (Lipinski definition) is 6. The molecular weight excluding hydrogens is 232 g/mol. The minimum Gasteiger partial charge on any atom is -0.409 e. The van der Waals surface area contributed by atoms with E-state index in [0.29, 0.717) is 16.4 Å². The summed E-state index contributed by atoms with van der Waals surface area (Å²) < 4.78 is 8.68. The van der Waals surface area contributed by atoms with Crippen molar-refractivity contribution in [2.45, 2.75) is 0 Å². The average molecular weight is 233 g/mol. The van der Waals surface area contributed by atoms with Crippen LogP contribution in [0.5, 0.6) is 0 Å². The fourth-order valence-electron chi connectivity index (χ4n) is 0.567. The Kier molecular flexibility index (Phi) is 1.66. The topological polar surface area (TPSA) is 64.7 Å². The molecule has 5 nitrogen and oxygen atoms in total. The van der Waals surface area contributed by atoms with Gasteiger partial charge in [-0.25, -0.2) is 0 Å². The molecule has 0 bridgehead atoms. The molecule has 2 rings (SSSR count). The molecule has 11 heavy (non-hydrogen) atoms. The van der Waals surface area contributed by atoms with E-state index >= 15 is 0 Å². The lowest BCUT2D eigenvalue weighted by molar-refractivity contribution is 0.538. The van der Waals surface area contributed by atoms with Gasteiger partial charge in [0.1, 0.15) is 0 Å². The van der Waals surface area contributed by atoms with Crippen LogP contribution in [0.2, 0.25) is 0 Å². The van der Waals surface area contributed by atoms with E-state index in [1.54, 1.807) is 5.38 Å². The number of hydrogen-bond donors (Lipinski definition) is 0. The van der Waals surface area contributed by atoms with Crippen molar-refractivity contribution in [3.63, 3.8) is 0 Å². The summed E-state index contributed by atoms with van der Waals surface area (Å²) in [6.45, 7) is 0. The van der Waals surface area contributed by atoms with Crippen LogP contribution in [0.4, 0.5) is 0 Å². The molecule has 0 aromatic carbocycles. The molecule has 0 aliphatic heterocycles. The van der Waals surface area contributed by atoms with E-state index in [9.17, 15) is 0 Å². The second kappa shape index (κ2) is 2.67. The summed E-state index contributed by atoms with van der Waals surface area (Å²) in [5.41, 5.74) is 0.605. The first kappa shape index (κ1) is 6.86. The summed E-state index contributed by atoms with van der Waals surface area (Å²) in [6, 6.07) is 0. The lowest BCUT2D eigenvalue weighted by atomic mass is 10.5. The molecule has 2 heterocycles. The van der Waals surface area contributed by atoms with Gasteiger partial charge in [0.25, 0.3) is 10.7 Å². The zero-order chi connectivity index (χ0) is 7.68. The third-order valence-corrected chi connectivity index (χ3v) is 1.80. The van der Waals surface area contributed by atoms with E-state index in [1.807, 2.05) is 0 Å². The maximum Gasteiger partial charge on any atom is 0.285 e. The monoisotopic (exact) mass is 232 g/mol. The molecule has 56 valence electrons. The van der Waals surface area contributed by atoms with Crippen molar-refractivity contribution >= 4 is 27.5 Å². The van der Waals surface area contributed by atoms with Crippen LogP contribution in [0.25, 0.3) is 11.6 Å². The Bertz CT molecular complexity index is 345. The molecule has 0 saturated heterocycles. The third-order valence-electron chi connectivity index (χ3n) is 0.979. The maximum absolute atomic E-state index is 5.03. The lowest BCUT2D eigenvalue weighted by Crippen LogP contribution is -1.76. The molecule has 0 spiro atoms. The van der Waals surface area contributed by atoms with Crippen LogP contribution in [0, 0.1) is 0 Å². The highest BCUT2D eigenvalue weighted by Crippen LogP contribution is 2.17. The Morgan fingerprint density at radius 1 is 1.36 bits per heavy atom. The standard InChI is InChI=1S/C4HBrN4OS/c5-4-8-7-3(10-4)2-1-11-9-6-2/h1H. The Morgan fingerprint density at radius 2 is 2.27 bits per heavy atom. The predicted octanol–water partition coefficient (Wildman–Crippen LogP) is 1.35. The van der Waals surface area contributed by atoms with Crippen LogP contribution in [0.15, 0.2) is 14.6 Å². The van der Waals surface area contributed by atoms with Gasteiger partial charge in [-0.15, -0.1) is 15.3 Å². The normalized spacial score (nSPS) is 10.3. The van der Waals surface area contributed by atoms with Crippen LogP contribution in [0.3, 0.4) is 0 Å². The van der Waals surface area contributed by atoms with Gasteiger partial charge < -0.3 is 4.42 Å². The van der Waals surface area contributed by atoms with Gasteiger partial charge in [-0.3, -0.25) is 0 Å². The highest BCUT2D eigenvalue weighted by atomic mass is 79.9. The summed E-state index contributed by atoms with van der Waals surface area (Å²) in [5.74, 6) is 0.380. The van der Waals surface area contributed by atoms with Crippen molar-refractivity contribution in [1.29, 1.82) is 0 Å². The summed E-state index contributed by atoms with van der Waals surface area (Å²) >= 11 is 4.27. The second-order valence-corrected chi connectivity index (χ2v) is 2.94. The Morgan fingerprint density at radius 3 is 2.82 bits per heavy atom. The third kappa shape index (κ3) is 1.29. The smallest absolute Gasteiger partial charge is 0.285 e. The van der Waals surface area contributed by atoms with Gasteiger partial charge in [0, 0.05) is 21.3 Å². The quantitative estimate of drug-likeness (QED) is 0.743. The molecule has 0 unspecified atom stereocenters. The summed E-state index contributed by atoms with van der Waals surface area (Å²) in [5, 5.41) is 12.8. The molecule has 0 amide bonds. The molecule has 2 aromatic rings. The lowest BCUT2D eigenvalue weighted by Gasteiger charge is -1.79.